The number of hydrogen-bond donors (Lipinski definition) is 0. The fourth-order valence-electron chi connectivity index (χ4n) is 1.27. The highest BCUT2D eigenvalue weighted by Crippen LogP contribution is 2.10. The Kier molecular flexibility index (Phi) is 3.81. The van der Waals surface area contributed by atoms with E-state index in [2.05, 4.69) is 4.98 Å². The van der Waals surface area contributed by atoms with Gasteiger partial charge in [0.05, 0.1) is 5.69 Å². The largest absolute Gasteiger partial charge is 0.299 e. The van der Waals surface area contributed by atoms with Gasteiger partial charge >= 0.3 is 0 Å². The molecular formula is C12H17NO. The van der Waals surface area contributed by atoms with Crippen LogP contribution in [-0.2, 0) is 11.2 Å². The van der Waals surface area contributed by atoms with Crippen molar-refractivity contribution in [3.05, 3.63) is 29.6 Å². The second-order valence-corrected chi connectivity index (χ2v) is 3.72. The molecule has 0 saturated heterocycles. The van der Waals surface area contributed by atoms with Gasteiger partial charge in [-0.05, 0) is 25.0 Å². The smallest absolute Gasteiger partial charge is 0.141 e. The summed E-state index contributed by atoms with van der Waals surface area (Å²) in [5.74, 6) is 0.436. The summed E-state index contributed by atoms with van der Waals surface area (Å²) in [4.78, 5) is 15.9. The quantitative estimate of drug-likeness (QED) is 0.732. The third kappa shape index (κ3) is 2.66. The second-order valence-electron chi connectivity index (χ2n) is 3.72. The van der Waals surface area contributed by atoms with Crippen molar-refractivity contribution in [3.8, 4) is 0 Å². The lowest BCUT2D eigenvalue weighted by Crippen LogP contribution is -2.14. The van der Waals surface area contributed by atoms with Crippen LogP contribution in [0.25, 0.3) is 0 Å². The number of carbonyl (C=O) groups is 1. The van der Waals surface area contributed by atoms with Crippen LogP contribution in [0.2, 0.25) is 0 Å². The first-order valence-corrected chi connectivity index (χ1v) is 5.08. The minimum atomic E-state index is 0.149. The Morgan fingerprint density at radius 3 is 2.86 bits per heavy atom. The van der Waals surface area contributed by atoms with Crippen molar-refractivity contribution in [1.29, 1.82) is 0 Å². The van der Waals surface area contributed by atoms with Gasteiger partial charge < -0.3 is 0 Å². The van der Waals surface area contributed by atoms with Crippen LogP contribution in [-0.4, -0.2) is 10.8 Å². The van der Waals surface area contributed by atoms with Crippen LogP contribution in [0.15, 0.2) is 18.3 Å². The van der Waals surface area contributed by atoms with Gasteiger partial charge in [-0.15, -0.1) is 0 Å². The van der Waals surface area contributed by atoms with Gasteiger partial charge in [0, 0.05) is 18.5 Å². The van der Waals surface area contributed by atoms with E-state index < -0.39 is 0 Å². The monoisotopic (exact) mass is 191 g/mol. The Bertz CT molecular complexity index is 320. The van der Waals surface area contributed by atoms with Crippen LogP contribution in [0.3, 0.4) is 0 Å². The molecule has 0 N–H and O–H groups in total. The Balaban J connectivity index is 2.70. The molecule has 1 unspecified atom stereocenters. The third-order valence-electron chi connectivity index (χ3n) is 2.62. The predicted octanol–water partition coefficient (Wildman–Crippen LogP) is 2.55. The molecule has 0 aromatic carbocycles. The minimum Gasteiger partial charge on any atom is -0.299 e. The molecule has 1 heterocycles. The summed E-state index contributed by atoms with van der Waals surface area (Å²) >= 11 is 0. The highest BCUT2D eigenvalue weighted by atomic mass is 16.1. The summed E-state index contributed by atoms with van der Waals surface area (Å²) in [6.45, 7) is 6.00. The first kappa shape index (κ1) is 10.9. The lowest BCUT2D eigenvalue weighted by atomic mass is 9.98. The topological polar surface area (TPSA) is 30.0 Å². The molecule has 0 spiro atoms. The molecule has 76 valence electrons. The highest BCUT2D eigenvalue weighted by molar-refractivity contribution is 5.82. The van der Waals surface area contributed by atoms with E-state index in [1.54, 1.807) is 6.20 Å². The summed E-state index contributed by atoms with van der Waals surface area (Å²) < 4.78 is 0. The molecule has 1 aromatic rings. The van der Waals surface area contributed by atoms with Crippen LogP contribution < -0.4 is 0 Å². The Morgan fingerprint density at radius 1 is 1.57 bits per heavy atom. The van der Waals surface area contributed by atoms with Crippen molar-refractivity contribution in [2.75, 3.05) is 0 Å². The highest BCUT2D eigenvalue weighted by Gasteiger charge is 2.12. The molecule has 14 heavy (non-hydrogen) atoms. The second kappa shape index (κ2) is 4.89. The van der Waals surface area contributed by atoms with E-state index in [9.17, 15) is 4.79 Å². The molecule has 0 amide bonds. The Morgan fingerprint density at radius 2 is 2.29 bits per heavy atom. The summed E-state index contributed by atoms with van der Waals surface area (Å²) in [5, 5.41) is 0. The van der Waals surface area contributed by atoms with Crippen molar-refractivity contribution >= 4 is 5.78 Å². The zero-order valence-corrected chi connectivity index (χ0v) is 9.08. The van der Waals surface area contributed by atoms with Crippen LogP contribution in [0.1, 0.15) is 31.5 Å². The molecule has 1 atom stereocenters. The summed E-state index contributed by atoms with van der Waals surface area (Å²) in [6, 6.07) is 3.89. The molecular weight excluding hydrogens is 174 g/mol. The number of hydrogen-bond acceptors (Lipinski definition) is 2. The standard InChI is InChI=1S/C12H17NO/c1-4-9(2)12(14)8-11-10(3)6-5-7-13-11/h5-7,9H,4,8H2,1-3H3. The molecule has 0 fully saturated rings. The van der Waals surface area contributed by atoms with Crippen molar-refractivity contribution in [2.45, 2.75) is 33.6 Å². The molecule has 0 aliphatic rings. The van der Waals surface area contributed by atoms with E-state index in [0.29, 0.717) is 6.42 Å². The third-order valence-corrected chi connectivity index (χ3v) is 2.62. The lowest BCUT2D eigenvalue weighted by molar-refractivity contribution is -0.121. The van der Waals surface area contributed by atoms with E-state index >= 15 is 0 Å². The average Bonchev–Trinajstić information content (AvgIpc) is 2.20. The van der Waals surface area contributed by atoms with E-state index in [1.165, 1.54) is 0 Å². The first-order valence-electron chi connectivity index (χ1n) is 5.08. The van der Waals surface area contributed by atoms with Crippen molar-refractivity contribution in [3.63, 3.8) is 0 Å². The number of pyridine rings is 1. The van der Waals surface area contributed by atoms with Crippen molar-refractivity contribution in [2.24, 2.45) is 5.92 Å². The summed E-state index contributed by atoms with van der Waals surface area (Å²) in [7, 11) is 0. The maximum absolute atomic E-state index is 11.7. The van der Waals surface area contributed by atoms with Gasteiger partial charge in [-0.2, -0.15) is 0 Å². The Hall–Kier alpha value is -1.18. The van der Waals surface area contributed by atoms with Crippen LogP contribution in [0, 0.1) is 12.8 Å². The number of nitrogens with zero attached hydrogens (tertiary/aromatic N) is 1. The molecule has 0 aliphatic carbocycles. The minimum absolute atomic E-state index is 0.149. The number of ketones is 1. The fraction of sp³-hybridized carbons (Fsp3) is 0.500. The van der Waals surface area contributed by atoms with Gasteiger partial charge in [0.2, 0.25) is 0 Å². The van der Waals surface area contributed by atoms with Crippen LogP contribution >= 0.6 is 0 Å². The van der Waals surface area contributed by atoms with Gasteiger partial charge in [-0.1, -0.05) is 19.9 Å². The van der Waals surface area contributed by atoms with Gasteiger partial charge in [0.1, 0.15) is 5.78 Å². The van der Waals surface area contributed by atoms with E-state index in [4.69, 9.17) is 0 Å². The van der Waals surface area contributed by atoms with Crippen molar-refractivity contribution < 1.29 is 4.79 Å². The molecule has 0 bridgehead atoms. The van der Waals surface area contributed by atoms with Crippen molar-refractivity contribution in [1.82, 2.24) is 4.98 Å². The SMILES string of the molecule is CCC(C)C(=O)Cc1ncccc1C. The molecule has 1 rings (SSSR count). The van der Waals surface area contributed by atoms with Gasteiger partial charge in [0.15, 0.2) is 0 Å². The molecule has 2 heteroatoms. The van der Waals surface area contributed by atoms with Crippen LogP contribution in [0.5, 0.6) is 0 Å². The van der Waals surface area contributed by atoms with E-state index in [-0.39, 0.29) is 11.7 Å². The van der Waals surface area contributed by atoms with E-state index in [1.807, 2.05) is 32.9 Å². The maximum Gasteiger partial charge on any atom is 0.141 e. The molecule has 1 aromatic heterocycles. The first-order chi connectivity index (χ1) is 6.65. The van der Waals surface area contributed by atoms with Gasteiger partial charge in [-0.3, -0.25) is 9.78 Å². The zero-order chi connectivity index (χ0) is 10.6. The van der Waals surface area contributed by atoms with Gasteiger partial charge in [0.25, 0.3) is 0 Å². The molecule has 0 radical (unpaired) electrons. The maximum atomic E-state index is 11.7. The number of Topliss-reactive ketones (excluding diaryl/α,β-unsaturated/α-hetero) is 1. The molecule has 2 nitrogen and oxygen atoms in total. The van der Waals surface area contributed by atoms with E-state index in [0.717, 1.165) is 17.7 Å². The zero-order valence-electron chi connectivity index (χ0n) is 9.08. The number of aryl methyl sites for hydroxylation is 1. The van der Waals surface area contributed by atoms with Crippen LogP contribution in [0.4, 0.5) is 0 Å². The summed E-state index contributed by atoms with van der Waals surface area (Å²) in [6.07, 6.45) is 3.12. The fourth-order valence-corrected chi connectivity index (χ4v) is 1.27. The Labute approximate surface area is 85.4 Å². The summed E-state index contributed by atoms with van der Waals surface area (Å²) in [5.41, 5.74) is 2.02. The van der Waals surface area contributed by atoms with Gasteiger partial charge in [-0.25, -0.2) is 0 Å². The lowest BCUT2D eigenvalue weighted by Gasteiger charge is -2.08. The number of rotatable bonds is 4. The average molecular weight is 191 g/mol. The normalized spacial score (nSPS) is 12.5. The molecule has 0 saturated carbocycles. The number of carbonyl (C=O) groups excluding carboxylic acids is 1. The predicted molar refractivity (Wildman–Crippen MR) is 57.1 cm³/mol. The number of aromatic nitrogens is 1. The molecule has 0 aliphatic heterocycles.